The summed E-state index contributed by atoms with van der Waals surface area (Å²) in [5.74, 6) is -1.44. The SMILES string of the molecule is COC(=O)C1[C@H](O)[C@H](O)[C@H](C)OC1(C)C. The third-order valence-corrected chi connectivity index (χ3v) is 2.87. The van der Waals surface area contributed by atoms with Gasteiger partial charge in [0.2, 0.25) is 0 Å². The summed E-state index contributed by atoms with van der Waals surface area (Å²) >= 11 is 0. The maximum Gasteiger partial charge on any atom is 0.314 e. The van der Waals surface area contributed by atoms with Crippen LogP contribution >= 0.6 is 0 Å². The number of aliphatic hydroxyl groups is 2. The zero-order valence-corrected chi connectivity index (χ0v) is 9.43. The number of aliphatic hydroxyl groups excluding tert-OH is 2. The van der Waals surface area contributed by atoms with Crippen LogP contribution in [-0.2, 0) is 14.3 Å². The fourth-order valence-electron chi connectivity index (χ4n) is 2.06. The highest BCUT2D eigenvalue weighted by molar-refractivity contribution is 5.74. The van der Waals surface area contributed by atoms with Crippen LogP contribution in [-0.4, -0.2) is 47.2 Å². The molecule has 1 saturated heterocycles. The molecule has 1 heterocycles. The minimum atomic E-state index is -1.16. The number of carbonyl (C=O) groups is 1. The lowest BCUT2D eigenvalue weighted by atomic mass is 9.79. The number of hydrogen-bond acceptors (Lipinski definition) is 5. The van der Waals surface area contributed by atoms with E-state index in [0.717, 1.165) is 0 Å². The average Bonchev–Trinajstić information content (AvgIpc) is 2.13. The third kappa shape index (κ3) is 2.14. The van der Waals surface area contributed by atoms with Gasteiger partial charge < -0.3 is 19.7 Å². The van der Waals surface area contributed by atoms with Crippen molar-refractivity contribution in [3.05, 3.63) is 0 Å². The number of ether oxygens (including phenoxy) is 2. The Morgan fingerprint density at radius 1 is 1.33 bits per heavy atom. The number of rotatable bonds is 1. The average molecular weight is 218 g/mol. The smallest absolute Gasteiger partial charge is 0.314 e. The summed E-state index contributed by atoms with van der Waals surface area (Å²) in [5, 5.41) is 19.4. The van der Waals surface area contributed by atoms with Crippen LogP contribution < -0.4 is 0 Å². The molecule has 0 saturated carbocycles. The van der Waals surface area contributed by atoms with Crippen LogP contribution in [0.2, 0.25) is 0 Å². The second kappa shape index (κ2) is 4.08. The topological polar surface area (TPSA) is 76.0 Å². The first-order valence-electron chi connectivity index (χ1n) is 4.93. The number of methoxy groups -OCH3 is 1. The van der Waals surface area contributed by atoms with Crippen LogP contribution in [0.25, 0.3) is 0 Å². The van der Waals surface area contributed by atoms with Crippen molar-refractivity contribution in [1.29, 1.82) is 0 Å². The largest absolute Gasteiger partial charge is 0.469 e. The Bertz CT molecular complexity index is 250. The Kier molecular flexibility index (Phi) is 3.38. The Hall–Kier alpha value is -0.650. The highest BCUT2D eigenvalue weighted by Gasteiger charge is 2.51. The molecule has 0 spiro atoms. The van der Waals surface area contributed by atoms with Crippen LogP contribution in [0.5, 0.6) is 0 Å². The van der Waals surface area contributed by atoms with Gasteiger partial charge in [-0.2, -0.15) is 0 Å². The zero-order chi connectivity index (χ0) is 11.8. The summed E-state index contributed by atoms with van der Waals surface area (Å²) in [6.45, 7) is 5.05. The lowest BCUT2D eigenvalue weighted by Crippen LogP contribution is -2.60. The van der Waals surface area contributed by atoms with E-state index >= 15 is 0 Å². The molecule has 0 aromatic heterocycles. The first-order chi connectivity index (χ1) is 6.81. The van der Waals surface area contributed by atoms with Crippen LogP contribution in [0.1, 0.15) is 20.8 Å². The van der Waals surface area contributed by atoms with Crippen molar-refractivity contribution in [3.63, 3.8) is 0 Å². The normalized spacial score (nSPS) is 39.9. The van der Waals surface area contributed by atoms with Crippen LogP contribution in [0.4, 0.5) is 0 Å². The molecule has 1 fully saturated rings. The van der Waals surface area contributed by atoms with Gasteiger partial charge in [-0.25, -0.2) is 0 Å². The summed E-state index contributed by atoms with van der Waals surface area (Å²) in [7, 11) is 1.25. The van der Waals surface area contributed by atoms with E-state index in [2.05, 4.69) is 4.74 Å². The van der Waals surface area contributed by atoms with Gasteiger partial charge in [0.25, 0.3) is 0 Å². The molecule has 1 aliphatic rings. The first kappa shape index (κ1) is 12.4. The fourth-order valence-corrected chi connectivity index (χ4v) is 2.06. The van der Waals surface area contributed by atoms with Gasteiger partial charge in [0.1, 0.15) is 12.0 Å². The molecule has 1 unspecified atom stereocenters. The van der Waals surface area contributed by atoms with Crippen molar-refractivity contribution in [1.82, 2.24) is 0 Å². The molecule has 0 aromatic carbocycles. The van der Waals surface area contributed by atoms with E-state index in [9.17, 15) is 15.0 Å². The Morgan fingerprint density at radius 3 is 2.33 bits per heavy atom. The van der Waals surface area contributed by atoms with Crippen molar-refractivity contribution in [2.24, 2.45) is 5.92 Å². The lowest BCUT2D eigenvalue weighted by molar-refractivity contribution is -0.234. The monoisotopic (exact) mass is 218 g/mol. The van der Waals surface area contributed by atoms with Crippen molar-refractivity contribution in [3.8, 4) is 0 Å². The Labute approximate surface area is 89.0 Å². The molecule has 0 aromatic rings. The van der Waals surface area contributed by atoms with Crippen molar-refractivity contribution in [2.75, 3.05) is 7.11 Å². The van der Waals surface area contributed by atoms with E-state index in [4.69, 9.17) is 4.74 Å². The third-order valence-electron chi connectivity index (χ3n) is 2.87. The van der Waals surface area contributed by atoms with E-state index in [1.165, 1.54) is 7.11 Å². The van der Waals surface area contributed by atoms with Gasteiger partial charge in [-0.15, -0.1) is 0 Å². The van der Waals surface area contributed by atoms with Gasteiger partial charge in [-0.1, -0.05) is 0 Å². The molecule has 0 amide bonds. The van der Waals surface area contributed by atoms with E-state index in [0.29, 0.717) is 0 Å². The predicted molar refractivity (Wildman–Crippen MR) is 52.1 cm³/mol. The second-order valence-corrected chi connectivity index (χ2v) is 4.41. The minimum Gasteiger partial charge on any atom is -0.469 e. The van der Waals surface area contributed by atoms with Crippen LogP contribution in [0.3, 0.4) is 0 Å². The van der Waals surface area contributed by atoms with Gasteiger partial charge in [-0.05, 0) is 20.8 Å². The van der Waals surface area contributed by atoms with E-state index in [1.54, 1.807) is 20.8 Å². The molecule has 2 N–H and O–H groups in total. The second-order valence-electron chi connectivity index (χ2n) is 4.41. The van der Waals surface area contributed by atoms with Gasteiger partial charge in [0, 0.05) is 0 Å². The molecule has 0 aliphatic carbocycles. The van der Waals surface area contributed by atoms with E-state index in [1.807, 2.05) is 0 Å². The lowest BCUT2D eigenvalue weighted by Gasteiger charge is -2.45. The fraction of sp³-hybridized carbons (Fsp3) is 0.900. The summed E-state index contributed by atoms with van der Waals surface area (Å²) in [6.07, 6.45) is -2.73. The maximum atomic E-state index is 11.5. The predicted octanol–water partition coefficient (Wildman–Crippen LogP) is -0.305. The van der Waals surface area contributed by atoms with Gasteiger partial charge in [0.05, 0.1) is 24.9 Å². The molecule has 1 aliphatic heterocycles. The molecule has 88 valence electrons. The quantitative estimate of drug-likeness (QED) is 0.591. The Balaban J connectivity index is 2.96. The van der Waals surface area contributed by atoms with Gasteiger partial charge in [-0.3, -0.25) is 4.79 Å². The van der Waals surface area contributed by atoms with E-state index < -0.39 is 35.8 Å². The van der Waals surface area contributed by atoms with E-state index in [-0.39, 0.29) is 0 Å². The summed E-state index contributed by atoms with van der Waals surface area (Å²) in [6, 6.07) is 0. The van der Waals surface area contributed by atoms with Crippen LogP contribution in [0.15, 0.2) is 0 Å². The van der Waals surface area contributed by atoms with Crippen molar-refractivity contribution in [2.45, 2.75) is 44.7 Å². The molecule has 0 radical (unpaired) electrons. The zero-order valence-electron chi connectivity index (χ0n) is 9.43. The highest BCUT2D eigenvalue weighted by Crippen LogP contribution is 2.34. The molecular formula is C10H18O5. The summed E-state index contributed by atoms with van der Waals surface area (Å²) in [5.41, 5.74) is -0.842. The Morgan fingerprint density at radius 2 is 1.87 bits per heavy atom. The van der Waals surface area contributed by atoms with Gasteiger partial charge in [0.15, 0.2) is 0 Å². The molecular weight excluding hydrogens is 200 g/mol. The van der Waals surface area contributed by atoms with Crippen molar-refractivity contribution >= 4 is 5.97 Å². The summed E-state index contributed by atoms with van der Waals surface area (Å²) < 4.78 is 10.1. The molecule has 1 rings (SSSR count). The highest BCUT2D eigenvalue weighted by atomic mass is 16.5. The molecule has 5 nitrogen and oxygen atoms in total. The van der Waals surface area contributed by atoms with Crippen molar-refractivity contribution < 1.29 is 24.5 Å². The number of carbonyl (C=O) groups excluding carboxylic acids is 1. The van der Waals surface area contributed by atoms with Crippen LogP contribution in [0, 0.1) is 5.92 Å². The molecule has 0 bridgehead atoms. The summed E-state index contributed by atoms with van der Waals surface area (Å²) in [4.78, 5) is 11.5. The number of esters is 1. The standard InChI is InChI=1S/C10H18O5/c1-5-7(11)8(12)6(9(13)14-4)10(2,3)15-5/h5-8,11-12H,1-4H3/t5-,6?,7+,8-/m0/s1. The molecule has 5 heteroatoms. The molecule has 4 atom stereocenters. The first-order valence-corrected chi connectivity index (χ1v) is 4.93. The number of hydrogen-bond donors (Lipinski definition) is 2. The molecule has 15 heavy (non-hydrogen) atoms. The maximum absolute atomic E-state index is 11.5. The minimum absolute atomic E-state index is 0.504. The van der Waals surface area contributed by atoms with Gasteiger partial charge >= 0.3 is 5.97 Å².